The first-order chi connectivity index (χ1) is 3.91. The first-order valence-corrected chi connectivity index (χ1v) is 3.52. The molecule has 5 N–H and O–H groups in total. The maximum atomic E-state index is 3.76. The lowest BCUT2D eigenvalue weighted by Gasteiger charge is -1.94. The standard InChI is InChI=1S/C6H16N2/c1-2-5-8-6-3-4-7/h8H,2-7H2,1H3/p+2. The van der Waals surface area contributed by atoms with Gasteiger partial charge in [-0.15, -0.1) is 0 Å². The van der Waals surface area contributed by atoms with E-state index in [4.69, 9.17) is 0 Å². The van der Waals surface area contributed by atoms with E-state index in [-0.39, 0.29) is 0 Å². The zero-order valence-electron chi connectivity index (χ0n) is 5.82. The summed E-state index contributed by atoms with van der Waals surface area (Å²) >= 11 is 0. The quantitative estimate of drug-likeness (QED) is 0.417. The molecule has 0 fully saturated rings. The smallest absolute Gasteiger partial charge is 0.0809 e. The van der Waals surface area contributed by atoms with Crippen molar-refractivity contribution >= 4 is 0 Å². The summed E-state index contributed by atoms with van der Waals surface area (Å²) in [6, 6.07) is 0. The maximum Gasteiger partial charge on any atom is 0.0809 e. The van der Waals surface area contributed by atoms with Crippen LogP contribution in [0.25, 0.3) is 0 Å². The van der Waals surface area contributed by atoms with E-state index in [1.54, 1.807) is 0 Å². The van der Waals surface area contributed by atoms with Gasteiger partial charge in [-0.1, -0.05) is 6.92 Å². The molecule has 0 radical (unpaired) electrons. The van der Waals surface area contributed by atoms with Crippen LogP contribution >= 0.6 is 0 Å². The average molecular weight is 118 g/mol. The molecule has 0 heterocycles. The number of hydrogen-bond donors (Lipinski definition) is 2. The fraction of sp³-hybridized carbons (Fsp3) is 1.00. The van der Waals surface area contributed by atoms with Crippen LogP contribution in [-0.4, -0.2) is 19.6 Å². The number of nitrogens with two attached hydrogens (primary N) is 1. The monoisotopic (exact) mass is 118 g/mol. The third-order valence-electron chi connectivity index (χ3n) is 1.15. The molecule has 0 bridgehead atoms. The fourth-order valence-corrected chi connectivity index (χ4v) is 0.637. The van der Waals surface area contributed by atoms with E-state index in [2.05, 4.69) is 18.0 Å². The Bertz CT molecular complexity index is 31.5. The van der Waals surface area contributed by atoms with Gasteiger partial charge in [0.25, 0.3) is 0 Å². The lowest BCUT2D eigenvalue weighted by molar-refractivity contribution is -0.657. The minimum atomic E-state index is 1.08. The maximum absolute atomic E-state index is 3.76. The van der Waals surface area contributed by atoms with Crippen molar-refractivity contribution in [3.05, 3.63) is 0 Å². The van der Waals surface area contributed by atoms with E-state index < -0.39 is 0 Å². The van der Waals surface area contributed by atoms with Crippen molar-refractivity contribution in [1.82, 2.24) is 0 Å². The molecule has 0 unspecified atom stereocenters. The molecule has 2 heteroatoms. The van der Waals surface area contributed by atoms with Crippen molar-refractivity contribution in [2.75, 3.05) is 19.6 Å². The number of hydrogen-bond acceptors (Lipinski definition) is 0. The Morgan fingerprint density at radius 2 is 2.12 bits per heavy atom. The van der Waals surface area contributed by atoms with Crippen LogP contribution in [0.1, 0.15) is 19.8 Å². The predicted octanol–water partition coefficient (Wildman–Crippen LogP) is -1.41. The first kappa shape index (κ1) is 7.92. The molecule has 0 aliphatic carbocycles. The molecule has 50 valence electrons. The summed E-state index contributed by atoms with van der Waals surface area (Å²) in [5.41, 5.74) is 3.76. The highest BCUT2D eigenvalue weighted by Gasteiger charge is 1.86. The molecule has 0 aromatic rings. The molecular weight excluding hydrogens is 100 g/mol. The molecule has 0 aromatic heterocycles. The SMILES string of the molecule is CCC[NH2+]CCC[NH3+]. The van der Waals surface area contributed by atoms with Crippen LogP contribution < -0.4 is 11.1 Å². The van der Waals surface area contributed by atoms with Crippen LogP contribution in [0.4, 0.5) is 0 Å². The van der Waals surface area contributed by atoms with E-state index in [1.807, 2.05) is 0 Å². The molecule has 0 saturated heterocycles. The van der Waals surface area contributed by atoms with E-state index in [0.29, 0.717) is 0 Å². The van der Waals surface area contributed by atoms with Gasteiger partial charge < -0.3 is 11.1 Å². The fourth-order valence-electron chi connectivity index (χ4n) is 0.637. The second kappa shape index (κ2) is 6.92. The summed E-state index contributed by atoms with van der Waals surface area (Å²) < 4.78 is 0. The van der Waals surface area contributed by atoms with Gasteiger partial charge in [-0.05, 0) is 6.42 Å². The molecule has 2 nitrogen and oxygen atoms in total. The van der Waals surface area contributed by atoms with Crippen LogP contribution in [0.2, 0.25) is 0 Å². The Balaban J connectivity index is 2.53. The van der Waals surface area contributed by atoms with E-state index >= 15 is 0 Å². The van der Waals surface area contributed by atoms with Crippen LogP contribution in [0.15, 0.2) is 0 Å². The Labute approximate surface area is 51.5 Å². The minimum absolute atomic E-state index is 1.08. The highest BCUT2D eigenvalue weighted by molar-refractivity contribution is 4.23. The van der Waals surface area contributed by atoms with Gasteiger partial charge in [0.1, 0.15) is 0 Å². The molecule has 0 atom stereocenters. The minimum Gasteiger partial charge on any atom is -0.357 e. The van der Waals surface area contributed by atoms with Crippen LogP contribution in [-0.2, 0) is 0 Å². The molecule has 8 heavy (non-hydrogen) atoms. The van der Waals surface area contributed by atoms with Crippen molar-refractivity contribution < 1.29 is 11.1 Å². The van der Waals surface area contributed by atoms with Crippen LogP contribution in [0, 0.1) is 0 Å². The van der Waals surface area contributed by atoms with Crippen molar-refractivity contribution in [2.45, 2.75) is 19.8 Å². The van der Waals surface area contributed by atoms with E-state index in [1.165, 1.54) is 25.9 Å². The normalized spacial score (nSPS) is 9.75. The first-order valence-electron chi connectivity index (χ1n) is 3.52. The highest BCUT2D eigenvalue weighted by atomic mass is 14.8. The Morgan fingerprint density at radius 1 is 1.38 bits per heavy atom. The zero-order valence-corrected chi connectivity index (χ0v) is 5.82. The van der Waals surface area contributed by atoms with Gasteiger partial charge in [-0.2, -0.15) is 0 Å². The van der Waals surface area contributed by atoms with Gasteiger partial charge in [0.05, 0.1) is 19.6 Å². The highest BCUT2D eigenvalue weighted by Crippen LogP contribution is 1.61. The van der Waals surface area contributed by atoms with E-state index in [9.17, 15) is 0 Å². The Morgan fingerprint density at radius 3 is 2.62 bits per heavy atom. The van der Waals surface area contributed by atoms with E-state index in [0.717, 1.165) is 6.54 Å². The summed E-state index contributed by atoms with van der Waals surface area (Å²) in [7, 11) is 0. The van der Waals surface area contributed by atoms with Crippen molar-refractivity contribution in [3.8, 4) is 0 Å². The van der Waals surface area contributed by atoms with Crippen molar-refractivity contribution in [3.63, 3.8) is 0 Å². The van der Waals surface area contributed by atoms with Crippen LogP contribution in [0.5, 0.6) is 0 Å². The van der Waals surface area contributed by atoms with Crippen LogP contribution in [0.3, 0.4) is 0 Å². The molecule has 0 saturated carbocycles. The predicted molar refractivity (Wildman–Crippen MR) is 34.3 cm³/mol. The molecule has 0 aliphatic heterocycles. The summed E-state index contributed by atoms with van der Waals surface area (Å²) in [6.45, 7) is 5.83. The van der Waals surface area contributed by atoms with Gasteiger partial charge in [-0.3, -0.25) is 0 Å². The zero-order chi connectivity index (χ0) is 6.24. The largest absolute Gasteiger partial charge is 0.357 e. The van der Waals surface area contributed by atoms with Gasteiger partial charge in [0.15, 0.2) is 0 Å². The lowest BCUT2D eigenvalue weighted by Crippen LogP contribution is -2.84. The third-order valence-corrected chi connectivity index (χ3v) is 1.15. The lowest BCUT2D eigenvalue weighted by atomic mass is 10.4. The summed E-state index contributed by atoms with van der Waals surface area (Å²) in [4.78, 5) is 0. The van der Waals surface area contributed by atoms with Gasteiger partial charge in [0, 0.05) is 6.42 Å². The third kappa shape index (κ3) is 5.92. The molecule has 0 aromatic carbocycles. The van der Waals surface area contributed by atoms with Gasteiger partial charge in [-0.25, -0.2) is 0 Å². The average Bonchev–Trinajstić information content (AvgIpc) is 1.81. The molecule has 0 amide bonds. The number of quaternary nitrogens is 2. The summed E-state index contributed by atoms with van der Waals surface area (Å²) in [5, 5.41) is 2.35. The Kier molecular flexibility index (Phi) is 6.85. The molecule has 0 spiro atoms. The molecule has 0 rings (SSSR count). The second-order valence-corrected chi connectivity index (χ2v) is 2.07. The molecular formula is C6H18N2+2. The van der Waals surface area contributed by atoms with Crippen molar-refractivity contribution in [1.29, 1.82) is 0 Å². The number of rotatable bonds is 5. The molecule has 0 aliphatic rings. The topological polar surface area (TPSA) is 44.2 Å². The van der Waals surface area contributed by atoms with Gasteiger partial charge >= 0.3 is 0 Å². The summed E-state index contributed by atoms with van der Waals surface area (Å²) in [6.07, 6.45) is 2.55. The van der Waals surface area contributed by atoms with Gasteiger partial charge in [0.2, 0.25) is 0 Å². The Hall–Kier alpha value is -0.0800. The van der Waals surface area contributed by atoms with Crippen molar-refractivity contribution in [2.24, 2.45) is 0 Å². The summed E-state index contributed by atoms with van der Waals surface area (Å²) in [5.74, 6) is 0. The second-order valence-electron chi connectivity index (χ2n) is 2.07.